The highest BCUT2D eigenvalue weighted by atomic mass is 19.3. The first-order valence-electron chi connectivity index (χ1n) is 5.75. The number of nitrogens with one attached hydrogen (secondary N) is 1. The molecule has 5 nitrogen and oxygen atoms in total. The van der Waals surface area contributed by atoms with E-state index in [0.29, 0.717) is 17.4 Å². The van der Waals surface area contributed by atoms with Crippen molar-refractivity contribution in [2.75, 3.05) is 0 Å². The highest BCUT2D eigenvalue weighted by molar-refractivity contribution is 5.78. The maximum atomic E-state index is 12.6. The Morgan fingerprint density at radius 1 is 1.56 bits per heavy atom. The van der Waals surface area contributed by atoms with Crippen LogP contribution in [0, 0.1) is 0 Å². The van der Waals surface area contributed by atoms with Crippen LogP contribution in [0.2, 0.25) is 0 Å². The van der Waals surface area contributed by atoms with Crippen LogP contribution in [0.1, 0.15) is 39.1 Å². The van der Waals surface area contributed by atoms with Gasteiger partial charge in [0.2, 0.25) is 0 Å². The molecule has 0 aliphatic carbocycles. The van der Waals surface area contributed by atoms with Gasteiger partial charge in [-0.2, -0.15) is 8.78 Å². The molecule has 1 rings (SSSR count). The van der Waals surface area contributed by atoms with Gasteiger partial charge in [-0.15, -0.1) is 0 Å². The number of aliphatic carboxylic acids is 1. The molecule has 1 aromatic rings. The number of aromatic nitrogens is 2. The average Bonchev–Trinajstić information content (AvgIpc) is 2.79. The summed E-state index contributed by atoms with van der Waals surface area (Å²) < 4.78 is 25.9. The average molecular weight is 261 g/mol. The van der Waals surface area contributed by atoms with E-state index in [1.165, 1.54) is 12.4 Å². The molecule has 102 valence electrons. The second kappa shape index (κ2) is 5.90. The van der Waals surface area contributed by atoms with Crippen LogP contribution in [0.3, 0.4) is 0 Å². The fourth-order valence-electron chi connectivity index (χ4n) is 1.78. The number of carboxylic acid groups (broad SMARTS) is 1. The van der Waals surface area contributed by atoms with Crippen LogP contribution in [-0.2, 0) is 11.3 Å². The Kier molecular flexibility index (Phi) is 4.77. The molecule has 0 aromatic carbocycles. The van der Waals surface area contributed by atoms with Crippen LogP contribution < -0.4 is 5.32 Å². The lowest BCUT2D eigenvalue weighted by Gasteiger charge is -2.28. The number of imidazole rings is 1. The van der Waals surface area contributed by atoms with Crippen molar-refractivity contribution in [3.05, 3.63) is 18.2 Å². The second-order valence-electron chi connectivity index (χ2n) is 3.98. The minimum atomic E-state index is -2.67. The van der Waals surface area contributed by atoms with Crippen LogP contribution >= 0.6 is 0 Å². The Bertz CT molecular complexity index is 403. The summed E-state index contributed by atoms with van der Waals surface area (Å²) in [6, 6.07) is 0. The molecule has 0 fully saturated rings. The molecule has 0 saturated carbocycles. The Morgan fingerprint density at radius 2 is 2.17 bits per heavy atom. The van der Waals surface area contributed by atoms with Gasteiger partial charge in [-0.3, -0.25) is 14.7 Å². The SMILES string of the molecule is CCC(CC)(NCc1nccn1C(F)F)C(=O)O. The van der Waals surface area contributed by atoms with Gasteiger partial charge in [-0.1, -0.05) is 13.8 Å². The topological polar surface area (TPSA) is 67.2 Å². The van der Waals surface area contributed by atoms with Crippen LogP contribution in [0.5, 0.6) is 0 Å². The summed E-state index contributed by atoms with van der Waals surface area (Å²) in [4.78, 5) is 15.0. The molecule has 0 aliphatic rings. The number of carboxylic acids is 1. The molecule has 1 heterocycles. The zero-order valence-corrected chi connectivity index (χ0v) is 10.4. The molecule has 7 heteroatoms. The summed E-state index contributed by atoms with van der Waals surface area (Å²) in [6.07, 6.45) is 3.17. The standard InChI is InChI=1S/C11H17F2N3O2/c1-3-11(4-2,9(17)18)15-7-8-14-5-6-16(8)10(12)13/h5-6,10,15H,3-4,7H2,1-2H3,(H,17,18). The number of hydrogen-bond donors (Lipinski definition) is 2. The van der Waals surface area contributed by atoms with Crippen molar-refractivity contribution in [3.63, 3.8) is 0 Å². The van der Waals surface area contributed by atoms with Gasteiger partial charge >= 0.3 is 12.5 Å². The number of nitrogens with zero attached hydrogens (tertiary/aromatic N) is 2. The second-order valence-corrected chi connectivity index (χ2v) is 3.98. The lowest BCUT2D eigenvalue weighted by atomic mass is 9.93. The summed E-state index contributed by atoms with van der Waals surface area (Å²) in [5.74, 6) is -0.861. The van der Waals surface area contributed by atoms with E-state index in [0.717, 1.165) is 0 Å². The molecule has 0 spiro atoms. The molecule has 0 amide bonds. The quantitative estimate of drug-likeness (QED) is 0.788. The summed E-state index contributed by atoms with van der Waals surface area (Å²) >= 11 is 0. The lowest BCUT2D eigenvalue weighted by molar-refractivity contribution is -0.145. The predicted molar refractivity (Wildman–Crippen MR) is 61.3 cm³/mol. The molecular formula is C11H17F2N3O2. The molecular weight excluding hydrogens is 244 g/mol. The van der Waals surface area contributed by atoms with Gasteiger partial charge in [0.1, 0.15) is 11.4 Å². The van der Waals surface area contributed by atoms with Gasteiger partial charge in [0.05, 0.1) is 6.54 Å². The van der Waals surface area contributed by atoms with Gasteiger partial charge in [-0.05, 0) is 12.8 Å². The van der Waals surface area contributed by atoms with E-state index >= 15 is 0 Å². The smallest absolute Gasteiger partial charge is 0.323 e. The van der Waals surface area contributed by atoms with Crippen molar-refractivity contribution in [1.82, 2.24) is 14.9 Å². The third kappa shape index (κ3) is 2.84. The van der Waals surface area contributed by atoms with E-state index in [-0.39, 0.29) is 12.4 Å². The molecule has 0 saturated heterocycles. The van der Waals surface area contributed by atoms with E-state index < -0.39 is 18.1 Å². The Morgan fingerprint density at radius 3 is 2.61 bits per heavy atom. The number of alkyl halides is 2. The van der Waals surface area contributed by atoms with E-state index in [1.807, 2.05) is 0 Å². The number of hydrogen-bond acceptors (Lipinski definition) is 3. The summed E-state index contributed by atoms with van der Waals surface area (Å²) in [5.41, 5.74) is -1.10. The summed E-state index contributed by atoms with van der Waals surface area (Å²) in [6.45, 7) is 0.798. The number of rotatable bonds is 7. The molecule has 0 aliphatic heterocycles. The van der Waals surface area contributed by atoms with E-state index in [9.17, 15) is 18.7 Å². The Hall–Kier alpha value is -1.50. The third-order valence-electron chi connectivity index (χ3n) is 3.16. The Labute approximate surface area is 104 Å². The van der Waals surface area contributed by atoms with Gasteiger partial charge < -0.3 is 5.11 Å². The van der Waals surface area contributed by atoms with Crippen LogP contribution in [0.4, 0.5) is 8.78 Å². The van der Waals surface area contributed by atoms with Crippen molar-refractivity contribution in [2.24, 2.45) is 0 Å². The molecule has 0 unspecified atom stereocenters. The summed E-state index contributed by atoms with van der Waals surface area (Å²) in [5, 5.41) is 12.0. The number of halogens is 2. The zero-order valence-electron chi connectivity index (χ0n) is 10.4. The number of carbonyl (C=O) groups is 1. The van der Waals surface area contributed by atoms with Gasteiger partial charge in [0.25, 0.3) is 0 Å². The highest BCUT2D eigenvalue weighted by Crippen LogP contribution is 2.18. The van der Waals surface area contributed by atoms with Crippen LogP contribution in [-0.4, -0.2) is 26.2 Å². The largest absolute Gasteiger partial charge is 0.480 e. The van der Waals surface area contributed by atoms with Crippen LogP contribution in [0.15, 0.2) is 12.4 Å². The molecule has 1 aromatic heterocycles. The monoisotopic (exact) mass is 261 g/mol. The van der Waals surface area contributed by atoms with Crippen molar-refractivity contribution in [2.45, 2.75) is 45.3 Å². The van der Waals surface area contributed by atoms with Crippen molar-refractivity contribution >= 4 is 5.97 Å². The first-order valence-corrected chi connectivity index (χ1v) is 5.75. The first kappa shape index (κ1) is 14.6. The van der Waals surface area contributed by atoms with Crippen LogP contribution in [0.25, 0.3) is 0 Å². The lowest BCUT2D eigenvalue weighted by Crippen LogP contribution is -2.51. The van der Waals surface area contributed by atoms with Crippen molar-refractivity contribution < 1.29 is 18.7 Å². The molecule has 0 atom stereocenters. The van der Waals surface area contributed by atoms with E-state index in [4.69, 9.17) is 0 Å². The molecule has 18 heavy (non-hydrogen) atoms. The fourth-order valence-corrected chi connectivity index (χ4v) is 1.78. The third-order valence-corrected chi connectivity index (χ3v) is 3.16. The fraction of sp³-hybridized carbons (Fsp3) is 0.636. The van der Waals surface area contributed by atoms with E-state index in [1.54, 1.807) is 13.8 Å². The summed E-state index contributed by atoms with van der Waals surface area (Å²) in [7, 11) is 0. The first-order chi connectivity index (χ1) is 8.46. The predicted octanol–water partition coefficient (Wildman–Crippen LogP) is 2.01. The highest BCUT2D eigenvalue weighted by Gasteiger charge is 2.34. The molecule has 0 bridgehead atoms. The van der Waals surface area contributed by atoms with Gasteiger partial charge in [-0.25, -0.2) is 4.98 Å². The van der Waals surface area contributed by atoms with Crippen molar-refractivity contribution in [1.29, 1.82) is 0 Å². The minimum Gasteiger partial charge on any atom is -0.480 e. The van der Waals surface area contributed by atoms with E-state index in [2.05, 4.69) is 10.3 Å². The zero-order chi connectivity index (χ0) is 13.8. The van der Waals surface area contributed by atoms with Gasteiger partial charge in [0, 0.05) is 12.4 Å². The van der Waals surface area contributed by atoms with Crippen molar-refractivity contribution in [3.8, 4) is 0 Å². The Balaban J connectivity index is 2.79. The maximum Gasteiger partial charge on any atom is 0.323 e. The molecule has 0 radical (unpaired) electrons. The van der Waals surface area contributed by atoms with Gasteiger partial charge in [0.15, 0.2) is 0 Å². The molecule has 2 N–H and O–H groups in total. The minimum absolute atomic E-state index is 0.00861. The normalized spacial score (nSPS) is 12.1. The maximum absolute atomic E-state index is 12.6.